The molecule has 0 bridgehead atoms. The summed E-state index contributed by atoms with van der Waals surface area (Å²) in [6.07, 6.45) is -6.67. The van der Waals surface area contributed by atoms with Crippen LogP contribution in [0.3, 0.4) is 0 Å². The molecule has 1 heterocycles. The molecule has 0 aromatic heterocycles. The largest absolute Gasteiger partial charge is 0.480 e. The number of hydrogen-bond donors (Lipinski definition) is 5. The Bertz CT molecular complexity index is 515. The molecule has 7 atom stereocenters. The number of carbonyl (C=O) groups excluding carboxylic acids is 1. The molecule has 1 saturated heterocycles. The van der Waals surface area contributed by atoms with Crippen molar-refractivity contribution in [2.75, 3.05) is 6.61 Å². The van der Waals surface area contributed by atoms with E-state index in [-0.39, 0.29) is 0 Å². The zero-order valence-electron chi connectivity index (χ0n) is 14.1. The Morgan fingerprint density at radius 3 is 2.20 bits per heavy atom. The van der Waals surface area contributed by atoms with E-state index in [0.717, 1.165) is 11.8 Å². The molecule has 1 aliphatic rings. The molecule has 1 amide bonds. The van der Waals surface area contributed by atoms with E-state index in [1.807, 2.05) is 0 Å². The average molecular weight is 364 g/mol. The van der Waals surface area contributed by atoms with Gasteiger partial charge in [-0.15, -0.1) is 0 Å². The number of hydrogen-bond acceptors (Lipinski definition) is 8. The molecule has 144 valence electrons. The van der Waals surface area contributed by atoms with Crippen molar-refractivity contribution in [2.24, 2.45) is 5.73 Å². The molecule has 11 nitrogen and oxygen atoms in total. The smallest absolute Gasteiger partial charge is 0.332 e. The Hall–Kier alpha value is -1.79. The van der Waals surface area contributed by atoms with Crippen LogP contribution in [-0.4, -0.2) is 92.5 Å². The van der Waals surface area contributed by atoms with Crippen molar-refractivity contribution in [1.29, 1.82) is 0 Å². The van der Waals surface area contributed by atoms with Gasteiger partial charge in [0.1, 0.15) is 24.4 Å². The lowest BCUT2D eigenvalue weighted by atomic mass is 9.95. The van der Waals surface area contributed by atoms with Gasteiger partial charge in [-0.1, -0.05) is 0 Å². The lowest BCUT2D eigenvalue weighted by Gasteiger charge is -2.47. The van der Waals surface area contributed by atoms with Gasteiger partial charge < -0.3 is 40.5 Å². The third-order valence-electron chi connectivity index (χ3n) is 4.04. The van der Waals surface area contributed by atoms with Crippen molar-refractivity contribution in [3.05, 3.63) is 0 Å². The summed E-state index contributed by atoms with van der Waals surface area (Å²) in [6, 6.07) is -2.55. The summed E-state index contributed by atoms with van der Waals surface area (Å²) in [5.74, 6) is -3.27. The van der Waals surface area contributed by atoms with E-state index in [4.69, 9.17) is 20.3 Å². The van der Waals surface area contributed by atoms with E-state index >= 15 is 0 Å². The Labute approximate surface area is 143 Å². The molecule has 0 spiro atoms. The first kappa shape index (κ1) is 21.3. The van der Waals surface area contributed by atoms with E-state index in [9.17, 15) is 29.7 Å². The fourth-order valence-electron chi connectivity index (χ4n) is 2.61. The van der Waals surface area contributed by atoms with E-state index in [1.165, 1.54) is 13.8 Å². The standard InChI is InChI=1S/C14H24N2O9/c1-5(13(20)21)16(7(3)18)12-9(15)11(24-6(2)14(22)23)10(19)8(4-17)25-12/h5-6,8-12,17,19H,4,15H2,1-3H3,(H,20,21)(H,22,23)/t5-,6-,8-,9-,10-,11-,12?/m1/s1. The lowest BCUT2D eigenvalue weighted by molar-refractivity contribution is -0.246. The van der Waals surface area contributed by atoms with E-state index in [2.05, 4.69) is 0 Å². The highest BCUT2D eigenvalue weighted by Crippen LogP contribution is 2.27. The third kappa shape index (κ3) is 4.64. The van der Waals surface area contributed by atoms with Gasteiger partial charge in [-0.25, -0.2) is 9.59 Å². The van der Waals surface area contributed by atoms with Gasteiger partial charge in [0.15, 0.2) is 12.3 Å². The molecule has 1 aliphatic heterocycles. The van der Waals surface area contributed by atoms with E-state index in [1.54, 1.807) is 0 Å². The molecular formula is C14H24N2O9. The molecule has 11 heteroatoms. The Balaban J connectivity index is 3.18. The van der Waals surface area contributed by atoms with Gasteiger partial charge >= 0.3 is 11.9 Å². The number of carboxylic acids is 2. The first-order valence-corrected chi connectivity index (χ1v) is 7.62. The van der Waals surface area contributed by atoms with Gasteiger partial charge in [-0.2, -0.15) is 0 Å². The van der Waals surface area contributed by atoms with Gasteiger partial charge in [0, 0.05) is 6.92 Å². The van der Waals surface area contributed by atoms with Crippen LogP contribution >= 0.6 is 0 Å². The van der Waals surface area contributed by atoms with Crippen LogP contribution in [0.15, 0.2) is 0 Å². The van der Waals surface area contributed by atoms with Crippen LogP contribution in [0.25, 0.3) is 0 Å². The predicted molar refractivity (Wildman–Crippen MR) is 81.3 cm³/mol. The number of amides is 1. The molecule has 0 saturated carbocycles. The number of aliphatic hydroxyl groups excluding tert-OH is 2. The highest BCUT2D eigenvalue weighted by molar-refractivity contribution is 5.82. The molecule has 1 fully saturated rings. The molecule has 0 radical (unpaired) electrons. The molecule has 25 heavy (non-hydrogen) atoms. The number of nitrogens with zero attached hydrogens (tertiary/aromatic N) is 1. The maximum atomic E-state index is 11.9. The van der Waals surface area contributed by atoms with Crippen LogP contribution in [0.2, 0.25) is 0 Å². The molecule has 0 aromatic rings. The summed E-state index contributed by atoms with van der Waals surface area (Å²) in [6.45, 7) is 2.92. The Morgan fingerprint density at radius 2 is 1.80 bits per heavy atom. The summed E-state index contributed by atoms with van der Waals surface area (Å²) >= 11 is 0. The van der Waals surface area contributed by atoms with Crippen LogP contribution in [0, 0.1) is 0 Å². The van der Waals surface area contributed by atoms with Gasteiger partial charge in [-0.3, -0.25) is 4.79 Å². The summed E-state index contributed by atoms with van der Waals surface area (Å²) in [5.41, 5.74) is 5.98. The topological polar surface area (TPSA) is 180 Å². The van der Waals surface area contributed by atoms with Crippen molar-refractivity contribution >= 4 is 17.8 Å². The summed E-state index contributed by atoms with van der Waals surface area (Å²) in [4.78, 5) is 35.0. The summed E-state index contributed by atoms with van der Waals surface area (Å²) in [5, 5.41) is 37.7. The molecule has 0 aromatic carbocycles. The second-order valence-corrected chi connectivity index (χ2v) is 5.84. The fourth-order valence-corrected chi connectivity index (χ4v) is 2.61. The molecule has 1 unspecified atom stereocenters. The predicted octanol–water partition coefficient (Wildman–Crippen LogP) is -2.43. The van der Waals surface area contributed by atoms with Crippen LogP contribution in [0.4, 0.5) is 0 Å². The summed E-state index contributed by atoms with van der Waals surface area (Å²) < 4.78 is 10.7. The maximum Gasteiger partial charge on any atom is 0.332 e. The van der Waals surface area contributed by atoms with Crippen LogP contribution in [-0.2, 0) is 23.9 Å². The number of aliphatic carboxylic acids is 2. The highest BCUT2D eigenvalue weighted by atomic mass is 16.6. The fraction of sp³-hybridized carbons (Fsp3) is 0.786. The third-order valence-corrected chi connectivity index (χ3v) is 4.04. The van der Waals surface area contributed by atoms with Crippen LogP contribution < -0.4 is 5.73 Å². The summed E-state index contributed by atoms with van der Waals surface area (Å²) in [7, 11) is 0. The second-order valence-electron chi connectivity index (χ2n) is 5.84. The molecule has 6 N–H and O–H groups in total. The first-order chi connectivity index (χ1) is 11.5. The average Bonchev–Trinajstić information content (AvgIpc) is 2.52. The van der Waals surface area contributed by atoms with Gasteiger partial charge in [0.25, 0.3) is 0 Å². The van der Waals surface area contributed by atoms with Crippen molar-refractivity contribution < 1.29 is 44.3 Å². The normalized spacial score (nSPS) is 31.8. The van der Waals surface area contributed by atoms with E-state index in [0.29, 0.717) is 0 Å². The molecule has 0 aliphatic carbocycles. The number of carbonyl (C=O) groups is 3. The van der Waals surface area contributed by atoms with Gasteiger partial charge in [0.05, 0.1) is 12.6 Å². The van der Waals surface area contributed by atoms with E-state index < -0.39 is 67.2 Å². The van der Waals surface area contributed by atoms with Crippen molar-refractivity contribution in [3.63, 3.8) is 0 Å². The monoisotopic (exact) mass is 364 g/mol. The van der Waals surface area contributed by atoms with Crippen molar-refractivity contribution in [3.8, 4) is 0 Å². The second kappa shape index (κ2) is 8.54. The minimum Gasteiger partial charge on any atom is -0.480 e. The molecule has 1 rings (SSSR count). The molecular weight excluding hydrogens is 340 g/mol. The first-order valence-electron chi connectivity index (χ1n) is 7.62. The van der Waals surface area contributed by atoms with Gasteiger partial charge in [-0.05, 0) is 13.8 Å². The van der Waals surface area contributed by atoms with Crippen LogP contribution in [0.1, 0.15) is 20.8 Å². The lowest BCUT2D eigenvalue weighted by Crippen LogP contribution is -2.69. The highest BCUT2D eigenvalue weighted by Gasteiger charge is 2.49. The number of rotatable bonds is 7. The number of carboxylic acid groups (broad SMARTS) is 2. The zero-order valence-corrected chi connectivity index (χ0v) is 14.1. The quantitative estimate of drug-likeness (QED) is 0.326. The van der Waals surface area contributed by atoms with Crippen LogP contribution in [0.5, 0.6) is 0 Å². The number of ether oxygens (including phenoxy) is 2. The minimum atomic E-state index is -1.47. The maximum absolute atomic E-state index is 11.9. The Morgan fingerprint density at radius 1 is 1.24 bits per heavy atom. The van der Waals surface area contributed by atoms with Crippen molar-refractivity contribution in [1.82, 2.24) is 4.90 Å². The minimum absolute atomic E-state index is 0.659. The zero-order chi connectivity index (χ0) is 19.5. The number of aliphatic hydroxyl groups is 2. The Kier molecular flexibility index (Phi) is 7.26. The van der Waals surface area contributed by atoms with Crippen molar-refractivity contribution in [2.45, 2.75) is 63.5 Å². The number of nitrogens with two attached hydrogens (primary N) is 1. The van der Waals surface area contributed by atoms with Gasteiger partial charge in [0.2, 0.25) is 5.91 Å². The SMILES string of the molecule is CC(=O)N(C1O[C@H](CO)[C@@H](O)[C@H](O[C@H](C)C(=O)O)[C@H]1N)[C@H](C)C(=O)O.